The van der Waals surface area contributed by atoms with Crippen molar-refractivity contribution in [1.82, 2.24) is 9.55 Å². The number of carbonyl (C=O) groups excluding carboxylic acids is 1. The predicted molar refractivity (Wildman–Crippen MR) is 49.7 cm³/mol. The molecule has 0 aliphatic rings. The Labute approximate surface area is 83.3 Å². The molecule has 0 spiro atoms. The third-order valence-electron chi connectivity index (χ3n) is 2.07. The summed E-state index contributed by atoms with van der Waals surface area (Å²) in [5, 5.41) is 0.242. The molecule has 0 radical (unpaired) electrons. The molecule has 0 fully saturated rings. The fourth-order valence-corrected chi connectivity index (χ4v) is 1.43. The summed E-state index contributed by atoms with van der Waals surface area (Å²) < 4.78 is 26.1. The third-order valence-corrected chi connectivity index (χ3v) is 2.07. The van der Waals surface area contributed by atoms with Crippen LogP contribution in [-0.2, 0) is 0 Å². The Morgan fingerprint density at radius 1 is 1.53 bits per heavy atom. The number of halogens is 2. The van der Waals surface area contributed by atoms with E-state index in [2.05, 4.69) is 4.98 Å². The molecule has 0 atom stereocenters. The van der Waals surface area contributed by atoms with Gasteiger partial charge in [0, 0.05) is 23.3 Å². The van der Waals surface area contributed by atoms with Crippen LogP contribution in [0.1, 0.15) is 12.0 Å². The van der Waals surface area contributed by atoms with E-state index in [0.29, 0.717) is 0 Å². The van der Waals surface area contributed by atoms with Gasteiger partial charge in [-0.2, -0.15) is 0 Å². The van der Waals surface area contributed by atoms with Crippen LogP contribution in [0.5, 0.6) is 0 Å². The molecule has 2 aromatic rings. The summed E-state index contributed by atoms with van der Waals surface area (Å²) in [7, 11) is 0. The maximum atomic E-state index is 12.6. The number of nitrogens with two attached hydrogens (primary N) is 1. The molecular formula is C9H7F2N3O. The molecule has 0 aliphatic carbocycles. The van der Waals surface area contributed by atoms with Gasteiger partial charge in [-0.05, 0) is 12.1 Å². The minimum absolute atomic E-state index is 0.153. The Kier molecular flexibility index (Phi) is 2.11. The first-order chi connectivity index (χ1) is 7.11. The van der Waals surface area contributed by atoms with Crippen molar-refractivity contribution in [2.24, 2.45) is 5.73 Å². The Hall–Kier alpha value is -1.98. The second-order valence-corrected chi connectivity index (χ2v) is 2.97. The lowest BCUT2D eigenvalue weighted by molar-refractivity contribution is 0.153. The number of primary amides is 1. The second-order valence-electron chi connectivity index (χ2n) is 2.97. The summed E-state index contributed by atoms with van der Waals surface area (Å²) in [6.45, 7) is 0. The topological polar surface area (TPSA) is 60.9 Å². The summed E-state index contributed by atoms with van der Waals surface area (Å²) in [6.07, 6.45) is -0.223. The molecule has 0 bridgehead atoms. The van der Waals surface area contributed by atoms with Crippen LogP contribution in [0, 0.1) is 0 Å². The number of nitrogens with zero attached hydrogens (tertiary/aromatic N) is 2. The standard InChI is InChI=1S/C9H7F2N3O/c10-7(11)6-4-14(9(12)15)8-5(6)2-1-3-13-8/h1-4,7H,(H2,12,15). The quantitative estimate of drug-likeness (QED) is 0.783. The van der Waals surface area contributed by atoms with Gasteiger partial charge in [-0.25, -0.2) is 18.6 Å². The van der Waals surface area contributed by atoms with E-state index < -0.39 is 12.5 Å². The van der Waals surface area contributed by atoms with E-state index in [1.807, 2.05) is 0 Å². The highest BCUT2D eigenvalue weighted by Gasteiger charge is 2.18. The Morgan fingerprint density at radius 3 is 2.87 bits per heavy atom. The van der Waals surface area contributed by atoms with Crippen LogP contribution >= 0.6 is 0 Å². The highest BCUT2D eigenvalue weighted by atomic mass is 19.3. The average molecular weight is 211 g/mol. The van der Waals surface area contributed by atoms with Crippen LogP contribution < -0.4 is 5.73 Å². The van der Waals surface area contributed by atoms with Crippen molar-refractivity contribution in [3.05, 3.63) is 30.1 Å². The lowest BCUT2D eigenvalue weighted by atomic mass is 10.2. The van der Waals surface area contributed by atoms with Gasteiger partial charge in [0.1, 0.15) is 5.65 Å². The summed E-state index contributed by atoms with van der Waals surface area (Å²) in [4.78, 5) is 14.8. The van der Waals surface area contributed by atoms with E-state index in [1.165, 1.54) is 18.3 Å². The molecule has 0 aliphatic heterocycles. The molecule has 0 saturated carbocycles. The van der Waals surface area contributed by atoms with Crippen LogP contribution in [-0.4, -0.2) is 15.6 Å². The second kappa shape index (κ2) is 3.30. The number of carbonyl (C=O) groups is 1. The Bertz CT molecular complexity index is 521. The van der Waals surface area contributed by atoms with Crippen molar-refractivity contribution in [3.63, 3.8) is 0 Å². The van der Waals surface area contributed by atoms with Crippen LogP contribution in [0.25, 0.3) is 11.0 Å². The van der Waals surface area contributed by atoms with E-state index >= 15 is 0 Å². The lowest BCUT2D eigenvalue weighted by Gasteiger charge is -1.95. The molecule has 0 aromatic carbocycles. The van der Waals surface area contributed by atoms with E-state index in [9.17, 15) is 13.6 Å². The molecule has 4 nitrogen and oxygen atoms in total. The number of hydrogen-bond donors (Lipinski definition) is 1. The fraction of sp³-hybridized carbons (Fsp3) is 0.111. The minimum Gasteiger partial charge on any atom is -0.351 e. The minimum atomic E-state index is -2.66. The van der Waals surface area contributed by atoms with Gasteiger partial charge in [0.2, 0.25) is 0 Å². The number of rotatable bonds is 1. The van der Waals surface area contributed by atoms with Crippen LogP contribution in [0.15, 0.2) is 24.5 Å². The molecule has 2 aromatic heterocycles. The van der Waals surface area contributed by atoms with Gasteiger partial charge in [-0.1, -0.05) is 0 Å². The van der Waals surface area contributed by atoms with Crippen LogP contribution in [0.2, 0.25) is 0 Å². The zero-order valence-electron chi connectivity index (χ0n) is 7.52. The van der Waals surface area contributed by atoms with Gasteiger partial charge in [-0.15, -0.1) is 0 Å². The van der Waals surface area contributed by atoms with E-state index in [4.69, 9.17) is 5.73 Å². The fourth-order valence-electron chi connectivity index (χ4n) is 1.43. The number of amides is 1. The average Bonchev–Trinajstić information content (AvgIpc) is 2.56. The molecule has 2 heterocycles. The molecule has 1 amide bonds. The molecule has 6 heteroatoms. The van der Waals surface area contributed by atoms with E-state index in [-0.39, 0.29) is 16.6 Å². The number of hydrogen-bond acceptors (Lipinski definition) is 2. The van der Waals surface area contributed by atoms with E-state index in [1.54, 1.807) is 0 Å². The largest absolute Gasteiger partial charge is 0.351 e. The summed E-state index contributed by atoms with van der Waals surface area (Å²) >= 11 is 0. The highest BCUT2D eigenvalue weighted by molar-refractivity contribution is 5.90. The normalized spacial score (nSPS) is 11.1. The monoisotopic (exact) mass is 211 g/mol. The van der Waals surface area contributed by atoms with Crippen molar-refractivity contribution in [3.8, 4) is 0 Å². The Balaban J connectivity index is 2.79. The lowest BCUT2D eigenvalue weighted by Crippen LogP contribution is -2.18. The number of fused-ring (bicyclic) bond motifs is 1. The molecule has 0 unspecified atom stereocenters. The third kappa shape index (κ3) is 1.43. The summed E-state index contributed by atoms with van der Waals surface area (Å²) in [5.74, 6) is 0. The van der Waals surface area contributed by atoms with E-state index in [0.717, 1.165) is 10.8 Å². The zero-order chi connectivity index (χ0) is 11.0. The van der Waals surface area contributed by atoms with Crippen LogP contribution in [0.3, 0.4) is 0 Å². The number of alkyl halides is 2. The first kappa shape index (κ1) is 9.57. The summed E-state index contributed by atoms with van der Waals surface area (Å²) in [6, 6.07) is 2.17. The van der Waals surface area contributed by atoms with Crippen molar-refractivity contribution >= 4 is 17.1 Å². The molecule has 78 valence electrons. The maximum Gasteiger partial charge on any atom is 0.324 e. The number of aromatic nitrogens is 2. The van der Waals surface area contributed by atoms with Crippen molar-refractivity contribution < 1.29 is 13.6 Å². The number of pyridine rings is 1. The van der Waals surface area contributed by atoms with Gasteiger partial charge >= 0.3 is 6.03 Å². The van der Waals surface area contributed by atoms with Crippen molar-refractivity contribution in [2.45, 2.75) is 6.43 Å². The first-order valence-corrected chi connectivity index (χ1v) is 4.15. The first-order valence-electron chi connectivity index (χ1n) is 4.15. The van der Waals surface area contributed by atoms with Crippen molar-refractivity contribution in [2.75, 3.05) is 0 Å². The molecule has 2 N–H and O–H groups in total. The molecule has 2 rings (SSSR count). The highest BCUT2D eigenvalue weighted by Crippen LogP contribution is 2.27. The molecule has 0 saturated heterocycles. The van der Waals surface area contributed by atoms with Gasteiger partial charge in [0.25, 0.3) is 6.43 Å². The van der Waals surface area contributed by atoms with Crippen LogP contribution in [0.4, 0.5) is 13.6 Å². The van der Waals surface area contributed by atoms with Gasteiger partial charge < -0.3 is 5.73 Å². The van der Waals surface area contributed by atoms with Gasteiger partial charge in [0.15, 0.2) is 0 Å². The SMILES string of the molecule is NC(=O)n1cc(C(F)F)c2cccnc21. The summed E-state index contributed by atoms with van der Waals surface area (Å²) in [5.41, 5.74) is 4.95. The Morgan fingerprint density at radius 2 is 2.27 bits per heavy atom. The smallest absolute Gasteiger partial charge is 0.324 e. The predicted octanol–water partition coefficient (Wildman–Crippen LogP) is 1.90. The van der Waals surface area contributed by atoms with Crippen molar-refractivity contribution in [1.29, 1.82) is 0 Å². The molecule has 15 heavy (non-hydrogen) atoms. The zero-order valence-corrected chi connectivity index (χ0v) is 7.52. The van der Waals surface area contributed by atoms with Gasteiger partial charge in [-0.3, -0.25) is 4.57 Å². The maximum absolute atomic E-state index is 12.6. The van der Waals surface area contributed by atoms with Gasteiger partial charge in [0.05, 0.1) is 0 Å². The molecular weight excluding hydrogens is 204 g/mol.